The number of anilines is 1. The molecule has 1 N–H and O–H groups in total. The Morgan fingerprint density at radius 2 is 2.04 bits per heavy atom. The predicted molar refractivity (Wildman–Crippen MR) is 99.2 cm³/mol. The maximum Gasteiger partial charge on any atom is 0.248 e. The third-order valence-electron chi connectivity index (χ3n) is 5.92. The fourth-order valence-corrected chi connectivity index (χ4v) is 4.48. The second kappa shape index (κ2) is 6.41. The number of ether oxygens (including phenoxy) is 1. The maximum absolute atomic E-state index is 13.3. The van der Waals surface area contributed by atoms with E-state index < -0.39 is 5.92 Å². The molecule has 1 unspecified atom stereocenters. The Morgan fingerprint density at radius 3 is 2.78 bits per heavy atom. The summed E-state index contributed by atoms with van der Waals surface area (Å²) < 4.78 is 34.5. The number of hydrogen-bond donors (Lipinski definition) is 1. The summed E-state index contributed by atoms with van der Waals surface area (Å²) in [5, 5.41) is 3.90. The van der Waals surface area contributed by atoms with Gasteiger partial charge >= 0.3 is 0 Å². The summed E-state index contributed by atoms with van der Waals surface area (Å²) in [5.41, 5.74) is 4.16. The SMILES string of the molecule is FC1(F)CCC(OCCC2=C3CCC3n3c(nc4ccc(Cl)nc43)N2)CC1. The van der Waals surface area contributed by atoms with Gasteiger partial charge in [0.05, 0.1) is 18.8 Å². The molecule has 3 heterocycles. The van der Waals surface area contributed by atoms with Gasteiger partial charge in [0.1, 0.15) is 10.7 Å². The molecule has 8 heteroatoms. The number of fused-ring (bicyclic) bond motifs is 5. The molecule has 1 aliphatic heterocycles. The number of imidazole rings is 1. The van der Waals surface area contributed by atoms with E-state index in [9.17, 15) is 8.78 Å². The van der Waals surface area contributed by atoms with Crippen LogP contribution in [0.5, 0.6) is 0 Å². The molecule has 2 aliphatic carbocycles. The highest BCUT2D eigenvalue weighted by Gasteiger charge is 2.37. The van der Waals surface area contributed by atoms with Crippen LogP contribution in [0.4, 0.5) is 14.7 Å². The van der Waals surface area contributed by atoms with Crippen molar-refractivity contribution in [3.63, 3.8) is 0 Å². The van der Waals surface area contributed by atoms with Gasteiger partial charge in [0.2, 0.25) is 11.9 Å². The van der Waals surface area contributed by atoms with E-state index in [1.165, 1.54) is 5.57 Å². The van der Waals surface area contributed by atoms with Gasteiger partial charge in [-0.15, -0.1) is 0 Å². The molecule has 2 aromatic rings. The lowest BCUT2D eigenvalue weighted by Crippen LogP contribution is -2.31. The molecule has 0 amide bonds. The van der Waals surface area contributed by atoms with Crippen molar-refractivity contribution in [3.05, 3.63) is 28.6 Å². The van der Waals surface area contributed by atoms with Gasteiger partial charge in [-0.1, -0.05) is 11.6 Å². The van der Waals surface area contributed by atoms with Crippen molar-refractivity contribution in [2.75, 3.05) is 11.9 Å². The van der Waals surface area contributed by atoms with Crippen LogP contribution in [0.3, 0.4) is 0 Å². The molecule has 3 aliphatic rings. The first kappa shape index (κ1) is 17.4. The van der Waals surface area contributed by atoms with E-state index in [0.717, 1.165) is 42.1 Å². The normalized spacial score (nSPS) is 24.3. The Hall–Kier alpha value is -1.73. The summed E-state index contributed by atoms with van der Waals surface area (Å²) in [6.45, 7) is 0.541. The quantitative estimate of drug-likeness (QED) is 0.734. The van der Waals surface area contributed by atoms with Crippen LogP contribution in [0.2, 0.25) is 5.15 Å². The molecule has 0 radical (unpaired) electrons. The molecular formula is C19H21ClF2N4O. The van der Waals surface area contributed by atoms with E-state index in [4.69, 9.17) is 16.3 Å². The van der Waals surface area contributed by atoms with E-state index in [2.05, 4.69) is 19.9 Å². The average Bonchev–Trinajstić information content (AvgIpc) is 2.93. The fraction of sp³-hybridized carbons (Fsp3) is 0.579. The standard InChI is InChI=1S/C19H21ClF2N4O/c20-16-4-2-14-17(25-16)26-15-3-1-12(15)13(23-18(26)24-14)7-10-27-11-5-8-19(21,22)9-6-11/h2,4,11,15H,1,3,5-10H2,(H,23,24). The van der Waals surface area contributed by atoms with Crippen LogP contribution < -0.4 is 5.32 Å². The zero-order valence-corrected chi connectivity index (χ0v) is 15.6. The lowest BCUT2D eigenvalue weighted by atomic mass is 9.82. The third kappa shape index (κ3) is 3.10. The number of hydrogen-bond acceptors (Lipinski definition) is 4. The highest BCUT2D eigenvalue weighted by Crippen LogP contribution is 2.47. The molecule has 2 aromatic heterocycles. The molecular weight excluding hydrogens is 374 g/mol. The Balaban J connectivity index is 1.27. The monoisotopic (exact) mass is 394 g/mol. The second-order valence-corrected chi connectivity index (χ2v) is 8.03. The van der Waals surface area contributed by atoms with Crippen LogP contribution in [-0.4, -0.2) is 33.2 Å². The first-order valence-corrected chi connectivity index (χ1v) is 9.91. The molecule has 27 heavy (non-hydrogen) atoms. The first-order chi connectivity index (χ1) is 13.0. The molecule has 0 spiro atoms. The molecule has 0 saturated heterocycles. The van der Waals surface area contributed by atoms with Gasteiger partial charge < -0.3 is 10.1 Å². The van der Waals surface area contributed by atoms with Crippen LogP contribution in [0, 0.1) is 0 Å². The molecule has 1 atom stereocenters. The average molecular weight is 395 g/mol. The molecule has 5 rings (SSSR count). The smallest absolute Gasteiger partial charge is 0.248 e. The number of allylic oxidation sites excluding steroid dienone is 1. The highest BCUT2D eigenvalue weighted by molar-refractivity contribution is 6.29. The van der Waals surface area contributed by atoms with Crippen molar-refractivity contribution in [2.24, 2.45) is 0 Å². The summed E-state index contributed by atoms with van der Waals surface area (Å²) in [6, 6.07) is 3.92. The molecule has 144 valence electrons. The Kier molecular flexibility index (Phi) is 4.13. The van der Waals surface area contributed by atoms with Crippen LogP contribution in [-0.2, 0) is 4.74 Å². The second-order valence-electron chi connectivity index (χ2n) is 7.64. The Labute approximate surface area is 160 Å². The number of nitrogens with one attached hydrogen (secondary N) is 1. The van der Waals surface area contributed by atoms with E-state index in [0.29, 0.717) is 24.6 Å². The highest BCUT2D eigenvalue weighted by atomic mass is 35.5. The van der Waals surface area contributed by atoms with Crippen molar-refractivity contribution in [1.29, 1.82) is 0 Å². The Bertz CT molecular complexity index is 916. The summed E-state index contributed by atoms with van der Waals surface area (Å²) >= 11 is 6.06. The molecule has 2 fully saturated rings. The number of pyridine rings is 1. The predicted octanol–water partition coefficient (Wildman–Crippen LogP) is 5.08. The van der Waals surface area contributed by atoms with Crippen LogP contribution in [0.15, 0.2) is 23.4 Å². The van der Waals surface area contributed by atoms with E-state index in [-0.39, 0.29) is 25.0 Å². The number of nitrogens with zero attached hydrogens (tertiary/aromatic N) is 3. The summed E-state index contributed by atoms with van der Waals surface area (Å²) in [4.78, 5) is 9.09. The topological polar surface area (TPSA) is 52.0 Å². The lowest BCUT2D eigenvalue weighted by molar-refractivity contribution is -0.0799. The summed E-state index contributed by atoms with van der Waals surface area (Å²) in [5.74, 6) is -1.72. The van der Waals surface area contributed by atoms with Crippen molar-refractivity contribution < 1.29 is 13.5 Å². The van der Waals surface area contributed by atoms with Gasteiger partial charge in [-0.3, -0.25) is 4.57 Å². The van der Waals surface area contributed by atoms with Crippen molar-refractivity contribution in [2.45, 2.75) is 63.0 Å². The number of alkyl halides is 2. The Morgan fingerprint density at radius 1 is 1.22 bits per heavy atom. The van der Waals surface area contributed by atoms with Crippen LogP contribution >= 0.6 is 11.6 Å². The van der Waals surface area contributed by atoms with Crippen LogP contribution in [0.1, 0.15) is 51.0 Å². The first-order valence-electron chi connectivity index (χ1n) is 9.53. The minimum absolute atomic E-state index is 0.0491. The molecule has 2 saturated carbocycles. The third-order valence-corrected chi connectivity index (χ3v) is 6.13. The van der Waals surface area contributed by atoms with Crippen molar-refractivity contribution in [1.82, 2.24) is 14.5 Å². The largest absolute Gasteiger partial charge is 0.378 e. The molecule has 0 bridgehead atoms. The van der Waals surface area contributed by atoms with E-state index >= 15 is 0 Å². The van der Waals surface area contributed by atoms with Gasteiger partial charge in [-0.25, -0.2) is 18.7 Å². The van der Waals surface area contributed by atoms with Gasteiger partial charge in [0.25, 0.3) is 0 Å². The number of rotatable bonds is 4. The number of halogens is 3. The van der Waals surface area contributed by atoms with Gasteiger partial charge in [-0.2, -0.15) is 0 Å². The minimum Gasteiger partial charge on any atom is -0.378 e. The maximum atomic E-state index is 13.3. The number of aromatic nitrogens is 3. The van der Waals surface area contributed by atoms with E-state index in [1.807, 2.05) is 6.07 Å². The van der Waals surface area contributed by atoms with Gasteiger partial charge in [0, 0.05) is 25.0 Å². The summed E-state index contributed by atoms with van der Waals surface area (Å²) in [6.07, 6.45) is 3.56. The van der Waals surface area contributed by atoms with Crippen LogP contribution in [0.25, 0.3) is 11.2 Å². The van der Waals surface area contributed by atoms with Crippen molar-refractivity contribution >= 4 is 28.7 Å². The molecule has 5 nitrogen and oxygen atoms in total. The summed E-state index contributed by atoms with van der Waals surface area (Å²) in [7, 11) is 0. The van der Waals surface area contributed by atoms with Gasteiger partial charge in [-0.05, 0) is 43.4 Å². The zero-order chi connectivity index (χ0) is 18.6. The lowest BCUT2D eigenvalue weighted by Gasteiger charge is -2.39. The van der Waals surface area contributed by atoms with E-state index in [1.54, 1.807) is 6.07 Å². The van der Waals surface area contributed by atoms with Crippen molar-refractivity contribution in [3.8, 4) is 0 Å². The molecule has 0 aromatic carbocycles. The minimum atomic E-state index is -2.51. The fourth-order valence-electron chi connectivity index (χ4n) is 4.34. The zero-order valence-electron chi connectivity index (χ0n) is 14.9. The van der Waals surface area contributed by atoms with Gasteiger partial charge in [0.15, 0.2) is 5.65 Å².